The third-order valence-electron chi connectivity index (χ3n) is 5.78. The first-order valence-corrected chi connectivity index (χ1v) is 13.8. The number of benzene rings is 2. The molecule has 0 bridgehead atoms. The lowest BCUT2D eigenvalue weighted by atomic mass is 10.1. The number of fused-ring (bicyclic) bond motifs is 1. The summed E-state index contributed by atoms with van der Waals surface area (Å²) in [7, 11) is -3.27. The van der Waals surface area contributed by atoms with Gasteiger partial charge in [0.25, 0.3) is 0 Å². The number of aromatic nitrogens is 3. The first-order chi connectivity index (χ1) is 16.4. The molecule has 0 saturated carbocycles. The minimum Gasteiger partial charge on any atom is -0.337 e. The van der Waals surface area contributed by atoms with Crippen LogP contribution in [0.25, 0.3) is 10.2 Å². The molecule has 0 unspecified atom stereocenters. The van der Waals surface area contributed by atoms with Crippen molar-refractivity contribution in [3.63, 3.8) is 0 Å². The summed E-state index contributed by atoms with van der Waals surface area (Å²) >= 11 is 1.53. The number of para-hydroxylation sites is 1. The van der Waals surface area contributed by atoms with E-state index in [-0.39, 0.29) is 23.0 Å². The number of anilines is 1. The van der Waals surface area contributed by atoms with Gasteiger partial charge in [-0.1, -0.05) is 49.4 Å². The van der Waals surface area contributed by atoms with Gasteiger partial charge in [0.2, 0.25) is 5.91 Å². The van der Waals surface area contributed by atoms with E-state index in [0.717, 1.165) is 35.2 Å². The van der Waals surface area contributed by atoms with Gasteiger partial charge in [0, 0.05) is 25.5 Å². The molecule has 2 heterocycles. The van der Waals surface area contributed by atoms with Crippen LogP contribution in [-0.2, 0) is 34.0 Å². The van der Waals surface area contributed by atoms with E-state index in [4.69, 9.17) is 4.98 Å². The predicted octanol–water partition coefficient (Wildman–Crippen LogP) is 4.51. The van der Waals surface area contributed by atoms with Crippen molar-refractivity contribution >= 4 is 42.4 Å². The van der Waals surface area contributed by atoms with Gasteiger partial charge in [-0.2, -0.15) is 0 Å². The van der Waals surface area contributed by atoms with Crippen LogP contribution >= 0.6 is 11.3 Å². The van der Waals surface area contributed by atoms with Crippen LogP contribution in [0.1, 0.15) is 31.4 Å². The number of rotatable bonds is 10. The zero-order valence-corrected chi connectivity index (χ0v) is 21.0. The lowest BCUT2D eigenvalue weighted by Gasteiger charge is -2.20. The lowest BCUT2D eigenvalue weighted by molar-refractivity contribution is -0.118. The van der Waals surface area contributed by atoms with Crippen molar-refractivity contribution in [1.29, 1.82) is 0 Å². The minimum atomic E-state index is -3.27. The lowest BCUT2D eigenvalue weighted by Crippen LogP contribution is -2.33. The van der Waals surface area contributed by atoms with E-state index in [1.54, 1.807) is 48.6 Å². The fourth-order valence-corrected chi connectivity index (χ4v) is 5.74. The topological polar surface area (TPSA) is 85.2 Å². The summed E-state index contributed by atoms with van der Waals surface area (Å²) in [5.41, 5.74) is 2.89. The normalized spacial score (nSPS) is 11.7. The molecule has 34 heavy (non-hydrogen) atoms. The summed E-state index contributed by atoms with van der Waals surface area (Å²) in [6.07, 6.45) is 7.22. The number of sulfone groups is 1. The molecule has 9 heteroatoms. The van der Waals surface area contributed by atoms with Gasteiger partial charge < -0.3 is 4.57 Å². The first kappa shape index (κ1) is 24.1. The zero-order chi connectivity index (χ0) is 24.1. The molecule has 4 aromatic rings. The highest BCUT2D eigenvalue weighted by molar-refractivity contribution is 7.91. The average molecular weight is 497 g/mol. The Labute approximate surface area is 204 Å². The smallest absolute Gasteiger partial charge is 0.233 e. The summed E-state index contributed by atoms with van der Waals surface area (Å²) in [6, 6.07) is 12.7. The van der Waals surface area contributed by atoms with Crippen molar-refractivity contribution in [3.8, 4) is 0 Å². The van der Waals surface area contributed by atoms with Crippen LogP contribution in [0, 0.1) is 0 Å². The number of carbonyl (C=O) groups is 1. The molecule has 4 rings (SSSR count). The number of amides is 1. The van der Waals surface area contributed by atoms with Gasteiger partial charge in [-0.05, 0) is 42.2 Å². The second kappa shape index (κ2) is 10.5. The second-order valence-corrected chi connectivity index (χ2v) is 11.3. The maximum atomic E-state index is 13.4. The molecule has 0 aliphatic heterocycles. The average Bonchev–Trinajstić information content (AvgIpc) is 3.51. The molecule has 2 aromatic heterocycles. The molecule has 0 aliphatic rings. The standard InChI is InChI=1S/C25H28N4O3S2/c1-3-20-7-5-8-22-24(20)27-25(33-22)29(15-6-14-28-16-13-26-18-28)23(30)17-19-9-11-21(12-10-19)34(31,32)4-2/h5,7-13,16,18H,3-4,6,14-15,17H2,1-2H3. The van der Waals surface area contributed by atoms with E-state index in [1.165, 1.54) is 16.9 Å². The predicted molar refractivity (Wildman–Crippen MR) is 136 cm³/mol. The van der Waals surface area contributed by atoms with Crippen molar-refractivity contribution in [2.24, 2.45) is 0 Å². The molecule has 0 saturated heterocycles. The maximum Gasteiger partial charge on any atom is 0.233 e. The summed E-state index contributed by atoms with van der Waals surface area (Å²) < 4.78 is 27.2. The number of hydrogen-bond acceptors (Lipinski definition) is 6. The Kier molecular flexibility index (Phi) is 7.43. The van der Waals surface area contributed by atoms with Gasteiger partial charge >= 0.3 is 0 Å². The van der Waals surface area contributed by atoms with E-state index in [0.29, 0.717) is 11.7 Å². The van der Waals surface area contributed by atoms with Crippen molar-refractivity contribution in [1.82, 2.24) is 14.5 Å². The van der Waals surface area contributed by atoms with Crippen LogP contribution in [0.5, 0.6) is 0 Å². The van der Waals surface area contributed by atoms with E-state index in [2.05, 4.69) is 18.0 Å². The van der Waals surface area contributed by atoms with Crippen LogP contribution < -0.4 is 4.90 Å². The number of aryl methyl sites for hydroxylation is 2. The quantitative estimate of drug-likeness (QED) is 0.322. The Morgan fingerprint density at radius 1 is 1.12 bits per heavy atom. The highest BCUT2D eigenvalue weighted by atomic mass is 32.2. The second-order valence-electron chi connectivity index (χ2n) is 8.04. The van der Waals surface area contributed by atoms with E-state index in [9.17, 15) is 13.2 Å². The molecular weight excluding hydrogens is 468 g/mol. The fourth-order valence-electron chi connectivity index (χ4n) is 3.80. The molecule has 0 spiro atoms. The van der Waals surface area contributed by atoms with Crippen molar-refractivity contribution < 1.29 is 13.2 Å². The van der Waals surface area contributed by atoms with Gasteiger partial charge in [-0.25, -0.2) is 18.4 Å². The SMILES string of the molecule is CCc1cccc2sc(N(CCCn3ccnc3)C(=O)Cc3ccc(S(=O)(=O)CC)cc3)nc12. The molecule has 7 nitrogen and oxygen atoms in total. The molecule has 1 amide bonds. The third-order valence-corrected chi connectivity index (χ3v) is 8.57. The molecule has 0 atom stereocenters. The molecule has 178 valence electrons. The van der Waals surface area contributed by atoms with Gasteiger partial charge in [-0.3, -0.25) is 9.69 Å². The van der Waals surface area contributed by atoms with Crippen LogP contribution in [0.4, 0.5) is 5.13 Å². The zero-order valence-electron chi connectivity index (χ0n) is 19.3. The Hall–Kier alpha value is -3.04. The van der Waals surface area contributed by atoms with Gasteiger partial charge in [-0.15, -0.1) is 0 Å². The number of thiazole rings is 1. The first-order valence-electron chi connectivity index (χ1n) is 11.4. The summed E-state index contributed by atoms with van der Waals surface area (Å²) in [5.74, 6) is -0.0123. The number of hydrogen-bond donors (Lipinski definition) is 0. The minimum absolute atomic E-state index is 0.0489. The van der Waals surface area contributed by atoms with Crippen LogP contribution in [0.15, 0.2) is 66.1 Å². The Balaban J connectivity index is 1.57. The van der Waals surface area contributed by atoms with Crippen LogP contribution in [-0.4, -0.2) is 41.2 Å². The van der Waals surface area contributed by atoms with Gasteiger partial charge in [0.05, 0.1) is 33.6 Å². The maximum absolute atomic E-state index is 13.4. The van der Waals surface area contributed by atoms with Crippen molar-refractivity contribution in [2.45, 2.75) is 44.6 Å². The van der Waals surface area contributed by atoms with E-state index < -0.39 is 9.84 Å². The highest BCUT2D eigenvalue weighted by Crippen LogP contribution is 2.31. The molecule has 0 aliphatic carbocycles. The summed E-state index contributed by atoms with van der Waals surface area (Å²) in [5, 5.41) is 0.691. The monoisotopic (exact) mass is 496 g/mol. The highest BCUT2D eigenvalue weighted by Gasteiger charge is 2.21. The molecule has 0 radical (unpaired) electrons. The largest absolute Gasteiger partial charge is 0.337 e. The van der Waals surface area contributed by atoms with Crippen LogP contribution in [0.2, 0.25) is 0 Å². The summed E-state index contributed by atoms with van der Waals surface area (Å²) in [4.78, 5) is 24.4. The number of nitrogens with zero attached hydrogens (tertiary/aromatic N) is 4. The fraction of sp³-hybridized carbons (Fsp3) is 0.320. The molecule has 0 N–H and O–H groups in total. The van der Waals surface area contributed by atoms with E-state index in [1.807, 2.05) is 22.9 Å². The van der Waals surface area contributed by atoms with Crippen molar-refractivity contribution in [3.05, 3.63) is 72.3 Å². The van der Waals surface area contributed by atoms with Crippen molar-refractivity contribution in [2.75, 3.05) is 17.2 Å². The Morgan fingerprint density at radius 3 is 2.59 bits per heavy atom. The van der Waals surface area contributed by atoms with Crippen LogP contribution in [0.3, 0.4) is 0 Å². The third kappa shape index (κ3) is 5.37. The summed E-state index contributed by atoms with van der Waals surface area (Å²) in [6.45, 7) is 5.00. The molecule has 0 fully saturated rings. The van der Waals surface area contributed by atoms with E-state index >= 15 is 0 Å². The Morgan fingerprint density at radius 2 is 1.91 bits per heavy atom. The molecule has 2 aromatic carbocycles. The van der Waals surface area contributed by atoms with Gasteiger partial charge in [0.15, 0.2) is 15.0 Å². The number of imidazole rings is 1. The number of carbonyl (C=O) groups excluding carboxylic acids is 1. The molecular formula is C25H28N4O3S2. The van der Waals surface area contributed by atoms with Gasteiger partial charge in [0.1, 0.15) is 0 Å². The Bertz CT molecular complexity index is 1360.